The molecule has 15 heavy (non-hydrogen) atoms. The van der Waals surface area contributed by atoms with Crippen LogP contribution >= 0.6 is 11.6 Å². The molecular weight excluding hydrogens is 218 g/mol. The summed E-state index contributed by atoms with van der Waals surface area (Å²) in [5, 5.41) is 19.2. The number of carboxylic acid groups (broad SMARTS) is 1. The van der Waals surface area contributed by atoms with Crippen LogP contribution in [0.4, 0.5) is 0 Å². The highest BCUT2D eigenvalue weighted by Crippen LogP contribution is 2.32. The number of benzene rings is 1. The first kappa shape index (κ1) is 9.86. The molecule has 1 aromatic carbocycles. The fraction of sp³-hybridized carbons (Fsp3) is 0.100. The summed E-state index contributed by atoms with van der Waals surface area (Å²) in [7, 11) is 0. The van der Waals surface area contributed by atoms with Crippen molar-refractivity contribution in [1.82, 2.24) is 4.98 Å². The number of nitrogens with one attached hydrogen (secondary N) is 1. The standard InChI is InChI=1S/C10H8ClNO3/c1-4-8-6(11)2-5(13)3-7(8)12-9(4)10(14)15/h2-3,12-13H,1H3,(H,14,15). The number of aryl methyl sites for hydroxylation is 1. The summed E-state index contributed by atoms with van der Waals surface area (Å²) < 4.78 is 0. The summed E-state index contributed by atoms with van der Waals surface area (Å²) >= 11 is 5.91. The van der Waals surface area contributed by atoms with Gasteiger partial charge in [0.15, 0.2) is 0 Å². The van der Waals surface area contributed by atoms with Crippen molar-refractivity contribution in [3.63, 3.8) is 0 Å². The molecule has 0 saturated carbocycles. The van der Waals surface area contributed by atoms with Gasteiger partial charge < -0.3 is 15.2 Å². The Hall–Kier alpha value is -1.68. The molecule has 0 fully saturated rings. The van der Waals surface area contributed by atoms with E-state index < -0.39 is 5.97 Å². The number of hydrogen-bond donors (Lipinski definition) is 3. The third-order valence-corrected chi connectivity index (χ3v) is 2.60. The summed E-state index contributed by atoms with van der Waals surface area (Å²) in [4.78, 5) is 13.6. The average molecular weight is 226 g/mol. The summed E-state index contributed by atoms with van der Waals surface area (Å²) in [6.45, 7) is 1.67. The highest BCUT2D eigenvalue weighted by Gasteiger charge is 2.16. The molecule has 4 nitrogen and oxygen atoms in total. The zero-order valence-electron chi connectivity index (χ0n) is 7.84. The van der Waals surface area contributed by atoms with E-state index in [9.17, 15) is 9.90 Å². The van der Waals surface area contributed by atoms with E-state index in [0.29, 0.717) is 21.5 Å². The van der Waals surface area contributed by atoms with E-state index in [0.717, 1.165) is 0 Å². The lowest BCUT2D eigenvalue weighted by molar-refractivity contribution is 0.0691. The predicted octanol–water partition coefficient (Wildman–Crippen LogP) is 2.53. The number of H-pyrrole nitrogens is 1. The molecule has 0 aliphatic carbocycles. The Morgan fingerprint density at radius 3 is 2.73 bits per heavy atom. The molecule has 2 aromatic rings. The Morgan fingerprint density at radius 1 is 1.47 bits per heavy atom. The fourth-order valence-electron chi connectivity index (χ4n) is 1.64. The molecule has 0 radical (unpaired) electrons. The highest BCUT2D eigenvalue weighted by atomic mass is 35.5. The highest BCUT2D eigenvalue weighted by molar-refractivity contribution is 6.36. The summed E-state index contributed by atoms with van der Waals surface area (Å²) in [5.41, 5.74) is 1.19. The maximum absolute atomic E-state index is 10.9. The van der Waals surface area contributed by atoms with Crippen molar-refractivity contribution >= 4 is 28.5 Å². The molecular formula is C10H8ClNO3. The lowest BCUT2D eigenvalue weighted by Gasteiger charge is -1.97. The van der Waals surface area contributed by atoms with Gasteiger partial charge in [-0.15, -0.1) is 0 Å². The molecule has 0 aliphatic rings. The number of aromatic nitrogens is 1. The number of phenols is 1. The molecule has 0 aliphatic heterocycles. The van der Waals surface area contributed by atoms with Gasteiger partial charge in [-0.25, -0.2) is 4.79 Å². The number of aromatic carboxylic acids is 1. The van der Waals surface area contributed by atoms with Crippen LogP contribution in [0.15, 0.2) is 12.1 Å². The van der Waals surface area contributed by atoms with Crippen LogP contribution in [0.5, 0.6) is 5.75 Å². The van der Waals surface area contributed by atoms with E-state index in [1.807, 2.05) is 0 Å². The van der Waals surface area contributed by atoms with Crippen LogP contribution in [0, 0.1) is 6.92 Å². The number of rotatable bonds is 1. The molecule has 5 heteroatoms. The van der Waals surface area contributed by atoms with Crippen molar-refractivity contribution in [2.24, 2.45) is 0 Å². The average Bonchev–Trinajstić information content (AvgIpc) is 2.42. The first-order valence-electron chi connectivity index (χ1n) is 4.25. The lowest BCUT2D eigenvalue weighted by atomic mass is 10.1. The van der Waals surface area contributed by atoms with Gasteiger partial charge in [-0.05, 0) is 18.6 Å². The SMILES string of the molecule is Cc1c(C(=O)O)[nH]c2cc(O)cc(Cl)c12. The van der Waals surface area contributed by atoms with E-state index >= 15 is 0 Å². The van der Waals surface area contributed by atoms with Crippen LogP contribution in [0.1, 0.15) is 16.1 Å². The first-order valence-corrected chi connectivity index (χ1v) is 4.62. The van der Waals surface area contributed by atoms with Crippen molar-refractivity contribution in [3.05, 3.63) is 28.4 Å². The van der Waals surface area contributed by atoms with Crippen LogP contribution in [0.3, 0.4) is 0 Å². The summed E-state index contributed by atoms with van der Waals surface area (Å²) in [6.07, 6.45) is 0. The number of phenolic OH excluding ortho intramolecular Hbond substituents is 1. The maximum atomic E-state index is 10.9. The van der Waals surface area contributed by atoms with Gasteiger partial charge in [-0.1, -0.05) is 11.6 Å². The monoisotopic (exact) mass is 225 g/mol. The van der Waals surface area contributed by atoms with Gasteiger partial charge in [0.1, 0.15) is 11.4 Å². The van der Waals surface area contributed by atoms with Crippen molar-refractivity contribution in [1.29, 1.82) is 0 Å². The Morgan fingerprint density at radius 2 is 2.13 bits per heavy atom. The minimum absolute atomic E-state index is 0.00527. The number of aromatic hydroxyl groups is 1. The Bertz CT molecular complexity index is 559. The Kier molecular flexibility index (Phi) is 2.08. The fourth-order valence-corrected chi connectivity index (χ4v) is 1.99. The molecule has 1 heterocycles. The number of aromatic amines is 1. The van der Waals surface area contributed by atoms with Gasteiger partial charge in [-0.3, -0.25) is 0 Å². The van der Waals surface area contributed by atoms with E-state index in [1.54, 1.807) is 6.92 Å². The largest absolute Gasteiger partial charge is 0.508 e. The van der Waals surface area contributed by atoms with E-state index in [-0.39, 0.29) is 11.4 Å². The topological polar surface area (TPSA) is 73.3 Å². The molecule has 3 N–H and O–H groups in total. The van der Waals surface area contributed by atoms with Crippen LogP contribution in [0.25, 0.3) is 10.9 Å². The first-order chi connectivity index (χ1) is 7.00. The van der Waals surface area contributed by atoms with Crippen LogP contribution in [-0.4, -0.2) is 21.2 Å². The zero-order valence-corrected chi connectivity index (χ0v) is 8.59. The van der Waals surface area contributed by atoms with Crippen LogP contribution in [0.2, 0.25) is 5.02 Å². The molecule has 0 unspecified atom stereocenters. The minimum atomic E-state index is -1.04. The molecule has 78 valence electrons. The second-order valence-electron chi connectivity index (χ2n) is 3.28. The molecule has 2 rings (SSSR count). The summed E-state index contributed by atoms with van der Waals surface area (Å²) in [5.74, 6) is -1.04. The number of hydrogen-bond acceptors (Lipinski definition) is 2. The van der Waals surface area contributed by atoms with E-state index in [1.165, 1.54) is 12.1 Å². The third-order valence-electron chi connectivity index (χ3n) is 2.30. The van der Waals surface area contributed by atoms with Crippen molar-refractivity contribution in [2.45, 2.75) is 6.92 Å². The molecule has 1 aromatic heterocycles. The van der Waals surface area contributed by atoms with Crippen molar-refractivity contribution in [3.8, 4) is 5.75 Å². The van der Waals surface area contributed by atoms with Gasteiger partial charge in [0.05, 0.1) is 10.5 Å². The smallest absolute Gasteiger partial charge is 0.352 e. The number of carbonyl (C=O) groups is 1. The van der Waals surface area contributed by atoms with Crippen molar-refractivity contribution in [2.75, 3.05) is 0 Å². The van der Waals surface area contributed by atoms with Crippen molar-refractivity contribution < 1.29 is 15.0 Å². The third kappa shape index (κ3) is 1.43. The summed E-state index contributed by atoms with van der Waals surface area (Å²) in [6, 6.07) is 2.83. The molecule has 0 amide bonds. The van der Waals surface area contributed by atoms with Gasteiger partial charge in [0, 0.05) is 11.5 Å². The number of halogens is 1. The molecule has 0 spiro atoms. The van der Waals surface area contributed by atoms with Gasteiger partial charge in [0.2, 0.25) is 0 Å². The maximum Gasteiger partial charge on any atom is 0.352 e. The zero-order chi connectivity index (χ0) is 11.2. The molecule has 0 atom stereocenters. The normalized spacial score (nSPS) is 10.8. The lowest BCUT2D eigenvalue weighted by Crippen LogP contribution is -1.98. The number of fused-ring (bicyclic) bond motifs is 1. The van der Waals surface area contributed by atoms with E-state index in [4.69, 9.17) is 16.7 Å². The second-order valence-corrected chi connectivity index (χ2v) is 3.69. The number of carboxylic acids is 1. The van der Waals surface area contributed by atoms with Crippen LogP contribution < -0.4 is 0 Å². The van der Waals surface area contributed by atoms with Gasteiger partial charge in [-0.2, -0.15) is 0 Å². The predicted molar refractivity (Wildman–Crippen MR) is 56.7 cm³/mol. The van der Waals surface area contributed by atoms with Gasteiger partial charge in [0.25, 0.3) is 0 Å². The Balaban J connectivity index is 2.88. The molecule has 0 bridgehead atoms. The van der Waals surface area contributed by atoms with Gasteiger partial charge >= 0.3 is 5.97 Å². The second kappa shape index (κ2) is 3.17. The van der Waals surface area contributed by atoms with E-state index in [2.05, 4.69) is 4.98 Å². The Labute approximate surface area is 90.1 Å². The quantitative estimate of drug-likeness (QED) is 0.698. The molecule has 0 saturated heterocycles. The van der Waals surface area contributed by atoms with Crippen LogP contribution in [-0.2, 0) is 0 Å². The minimum Gasteiger partial charge on any atom is -0.508 e.